The van der Waals surface area contributed by atoms with Gasteiger partial charge in [0.2, 0.25) is 5.91 Å². The summed E-state index contributed by atoms with van der Waals surface area (Å²) in [4.78, 5) is 13.2. The standard InChI is InChI=1S/C17H17N5O2S/c1-12-3-4-13(9-16(12)22-11-18-20-21-22)19-17(23)10-25-15-7-5-14(24-2)6-8-15/h3-9,11H,10H2,1-2H3,(H,19,23). The van der Waals surface area contributed by atoms with Crippen LogP contribution in [-0.4, -0.2) is 39.0 Å². The lowest BCUT2D eigenvalue weighted by molar-refractivity contribution is -0.113. The summed E-state index contributed by atoms with van der Waals surface area (Å²) in [6.07, 6.45) is 1.52. The fourth-order valence-corrected chi connectivity index (χ4v) is 2.92. The Labute approximate surface area is 149 Å². The third-order valence-electron chi connectivity index (χ3n) is 3.52. The lowest BCUT2D eigenvalue weighted by Crippen LogP contribution is -2.14. The number of carbonyl (C=O) groups excluding carboxylic acids is 1. The van der Waals surface area contributed by atoms with Gasteiger partial charge in [-0.15, -0.1) is 16.9 Å². The van der Waals surface area contributed by atoms with Gasteiger partial charge in [-0.1, -0.05) is 6.07 Å². The highest BCUT2D eigenvalue weighted by atomic mass is 32.2. The van der Waals surface area contributed by atoms with Crippen LogP contribution in [-0.2, 0) is 4.79 Å². The van der Waals surface area contributed by atoms with Crippen LogP contribution in [0.4, 0.5) is 5.69 Å². The van der Waals surface area contributed by atoms with Crippen molar-refractivity contribution in [3.63, 3.8) is 0 Å². The molecule has 0 aliphatic rings. The zero-order chi connectivity index (χ0) is 17.6. The SMILES string of the molecule is COc1ccc(SCC(=O)Nc2ccc(C)c(-n3cnnn3)c2)cc1. The number of ether oxygens (including phenoxy) is 1. The van der Waals surface area contributed by atoms with Crippen molar-refractivity contribution in [2.24, 2.45) is 0 Å². The summed E-state index contributed by atoms with van der Waals surface area (Å²) >= 11 is 1.47. The summed E-state index contributed by atoms with van der Waals surface area (Å²) in [7, 11) is 1.63. The Morgan fingerprint density at radius 3 is 2.72 bits per heavy atom. The number of hydrogen-bond donors (Lipinski definition) is 1. The zero-order valence-electron chi connectivity index (χ0n) is 13.8. The fourth-order valence-electron chi connectivity index (χ4n) is 2.22. The molecule has 3 rings (SSSR count). The first-order valence-corrected chi connectivity index (χ1v) is 8.55. The zero-order valence-corrected chi connectivity index (χ0v) is 14.7. The maximum atomic E-state index is 12.2. The number of thioether (sulfide) groups is 1. The van der Waals surface area contributed by atoms with Crippen LogP contribution in [0.25, 0.3) is 5.69 Å². The number of nitrogens with zero attached hydrogens (tertiary/aromatic N) is 4. The summed E-state index contributed by atoms with van der Waals surface area (Å²) in [6.45, 7) is 1.96. The highest BCUT2D eigenvalue weighted by Crippen LogP contribution is 2.22. The molecule has 0 fully saturated rings. The normalized spacial score (nSPS) is 10.5. The number of aromatic nitrogens is 4. The van der Waals surface area contributed by atoms with Crippen LogP contribution in [0, 0.1) is 6.92 Å². The van der Waals surface area contributed by atoms with Crippen LogP contribution in [0.3, 0.4) is 0 Å². The first kappa shape index (κ1) is 17.0. The molecule has 7 nitrogen and oxygen atoms in total. The second-order valence-electron chi connectivity index (χ2n) is 5.27. The molecule has 1 aromatic heterocycles. The Morgan fingerprint density at radius 1 is 1.24 bits per heavy atom. The predicted octanol–water partition coefficient (Wildman–Crippen LogP) is 2.71. The van der Waals surface area contributed by atoms with Crippen molar-refractivity contribution in [3.8, 4) is 11.4 Å². The molecule has 0 radical (unpaired) electrons. The average Bonchev–Trinajstić information content (AvgIpc) is 3.16. The van der Waals surface area contributed by atoms with Gasteiger partial charge >= 0.3 is 0 Å². The van der Waals surface area contributed by atoms with Gasteiger partial charge in [0, 0.05) is 10.6 Å². The Kier molecular flexibility index (Phi) is 5.30. The topological polar surface area (TPSA) is 81.9 Å². The number of aryl methyl sites for hydroxylation is 1. The molecule has 3 aromatic rings. The number of rotatable bonds is 6. The van der Waals surface area contributed by atoms with Crippen molar-refractivity contribution in [2.75, 3.05) is 18.2 Å². The number of nitrogens with one attached hydrogen (secondary N) is 1. The fraction of sp³-hybridized carbons (Fsp3) is 0.176. The Morgan fingerprint density at radius 2 is 2.04 bits per heavy atom. The molecule has 1 heterocycles. The highest BCUT2D eigenvalue weighted by Gasteiger charge is 2.08. The minimum atomic E-state index is -0.0765. The second-order valence-corrected chi connectivity index (χ2v) is 6.32. The third kappa shape index (κ3) is 4.36. The summed E-state index contributed by atoms with van der Waals surface area (Å²) in [6, 6.07) is 13.2. The van der Waals surface area contributed by atoms with E-state index in [0.29, 0.717) is 11.4 Å². The first-order chi connectivity index (χ1) is 12.2. The highest BCUT2D eigenvalue weighted by molar-refractivity contribution is 8.00. The lowest BCUT2D eigenvalue weighted by atomic mass is 10.2. The molecule has 0 spiro atoms. The molecule has 0 atom stereocenters. The average molecular weight is 355 g/mol. The molecule has 0 saturated carbocycles. The molecule has 0 aliphatic carbocycles. The number of carbonyl (C=O) groups is 1. The van der Waals surface area contributed by atoms with Crippen LogP contribution >= 0.6 is 11.8 Å². The van der Waals surface area contributed by atoms with Crippen LogP contribution in [0.15, 0.2) is 53.7 Å². The molecule has 1 amide bonds. The monoisotopic (exact) mass is 355 g/mol. The molecule has 0 saturated heterocycles. The molecule has 2 aromatic carbocycles. The Balaban J connectivity index is 1.62. The molecular weight excluding hydrogens is 338 g/mol. The van der Waals surface area contributed by atoms with Gasteiger partial charge < -0.3 is 10.1 Å². The van der Waals surface area contributed by atoms with Crippen LogP contribution in [0.1, 0.15) is 5.56 Å². The van der Waals surface area contributed by atoms with Crippen LogP contribution in [0.2, 0.25) is 0 Å². The van der Waals surface area contributed by atoms with E-state index in [1.807, 2.05) is 49.4 Å². The molecule has 1 N–H and O–H groups in total. The molecule has 0 bridgehead atoms. The van der Waals surface area contributed by atoms with E-state index in [2.05, 4.69) is 20.8 Å². The van der Waals surface area contributed by atoms with Crippen molar-refractivity contribution in [1.29, 1.82) is 0 Å². The van der Waals surface area contributed by atoms with E-state index in [9.17, 15) is 4.79 Å². The van der Waals surface area contributed by atoms with Gasteiger partial charge in [-0.3, -0.25) is 4.79 Å². The van der Waals surface area contributed by atoms with Gasteiger partial charge in [-0.05, 0) is 59.3 Å². The molecule has 0 aliphatic heterocycles. The van der Waals surface area contributed by atoms with E-state index in [4.69, 9.17) is 4.74 Å². The summed E-state index contributed by atoms with van der Waals surface area (Å²) in [5.41, 5.74) is 2.54. The third-order valence-corrected chi connectivity index (χ3v) is 4.53. The number of amides is 1. The quantitative estimate of drug-likeness (QED) is 0.685. The van der Waals surface area contributed by atoms with Gasteiger partial charge in [0.25, 0.3) is 0 Å². The minimum Gasteiger partial charge on any atom is -0.497 e. The summed E-state index contributed by atoms with van der Waals surface area (Å²) < 4.78 is 6.69. The van der Waals surface area contributed by atoms with E-state index < -0.39 is 0 Å². The van der Waals surface area contributed by atoms with Crippen molar-refractivity contribution in [2.45, 2.75) is 11.8 Å². The molecule has 128 valence electrons. The predicted molar refractivity (Wildman–Crippen MR) is 96.2 cm³/mol. The Hall–Kier alpha value is -2.87. The number of anilines is 1. The number of tetrazole rings is 1. The van der Waals surface area contributed by atoms with E-state index in [1.54, 1.807) is 11.8 Å². The van der Waals surface area contributed by atoms with Crippen LogP contribution < -0.4 is 10.1 Å². The second kappa shape index (κ2) is 7.80. The van der Waals surface area contributed by atoms with E-state index in [1.165, 1.54) is 18.1 Å². The number of benzene rings is 2. The van der Waals surface area contributed by atoms with Crippen LogP contribution in [0.5, 0.6) is 5.75 Å². The minimum absolute atomic E-state index is 0.0765. The van der Waals surface area contributed by atoms with Gasteiger partial charge in [0.15, 0.2) is 0 Å². The van der Waals surface area contributed by atoms with E-state index >= 15 is 0 Å². The molecule has 0 unspecified atom stereocenters. The Bertz CT molecular complexity index is 850. The van der Waals surface area contributed by atoms with Gasteiger partial charge in [0.1, 0.15) is 12.1 Å². The van der Waals surface area contributed by atoms with Crippen molar-refractivity contribution >= 4 is 23.4 Å². The van der Waals surface area contributed by atoms with Gasteiger partial charge in [-0.25, -0.2) is 4.68 Å². The van der Waals surface area contributed by atoms with Gasteiger partial charge in [-0.2, -0.15) is 0 Å². The summed E-state index contributed by atoms with van der Waals surface area (Å²) in [5.74, 6) is 1.04. The maximum absolute atomic E-state index is 12.2. The van der Waals surface area contributed by atoms with Gasteiger partial charge in [0.05, 0.1) is 18.6 Å². The van der Waals surface area contributed by atoms with Crippen molar-refractivity contribution in [3.05, 3.63) is 54.4 Å². The smallest absolute Gasteiger partial charge is 0.234 e. The molecule has 25 heavy (non-hydrogen) atoms. The van der Waals surface area contributed by atoms with Crippen molar-refractivity contribution < 1.29 is 9.53 Å². The maximum Gasteiger partial charge on any atom is 0.234 e. The van der Waals surface area contributed by atoms with Crippen molar-refractivity contribution in [1.82, 2.24) is 20.2 Å². The first-order valence-electron chi connectivity index (χ1n) is 7.56. The van der Waals surface area contributed by atoms with E-state index in [0.717, 1.165) is 21.9 Å². The lowest BCUT2D eigenvalue weighted by Gasteiger charge is -2.09. The summed E-state index contributed by atoms with van der Waals surface area (Å²) in [5, 5.41) is 14.1. The largest absolute Gasteiger partial charge is 0.497 e. The number of hydrogen-bond acceptors (Lipinski definition) is 6. The molecular formula is C17H17N5O2S. The molecule has 8 heteroatoms. The van der Waals surface area contributed by atoms with E-state index in [-0.39, 0.29) is 5.91 Å². The number of methoxy groups -OCH3 is 1.